The molecule has 5 heteroatoms. The topological polar surface area (TPSA) is 58.4 Å². The number of hydrogen-bond acceptors (Lipinski definition) is 3. The highest BCUT2D eigenvalue weighted by molar-refractivity contribution is 5.91. The first kappa shape index (κ1) is 20.3. The molecule has 154 valence electrons. The summed E-state index contributed by atoms with van der Waals surface area (Å²) in [4.78, 5) is 17.1. The third-order valence-electron chi connectivity index (χ3n) is 4.96. The van der Waals surface area contributed by atoms with Crippen LogP contribution in [0.2, 0.25) is 0 Å². The van der Waals surface area contributed by atoms with Gasteiger partial charge in [-0.25, -0.2) is 10.0 Å². The van der Waals surface area contributed by atoms with E-state index in [1.807, 2.05) is 89.6 Å². The highest BCUT2D eigenvalue weighted by atomic mass is 16.5. The van der Waals surface area contributed by atoms with Crippen LogP contribution in [0.25, 0.3) is 6.08 Å². The number of carbonyl (C=O) groups excluding carboxylic acids is 1. The van der Waals surface area contributed by atoms with Gasteiger partial charge in [0.05, 0.1) is 12.0 Å². The number of benzene rings is 3. The van der Waals surface area contributed by atoms with E-state index in [2.05, 4.69) is 17.1 Å². The standard InChI is InChI=1S/C26H23N3O2/c30-25(17-16-24-19-28(20-27-24)18-21-10-4-1-5-11-21)29(31)26(22-12-6-2-7-13-22)23-14-8-3-9-15-23/h1-17,19-20,26,31H,18H2/b17-16+. The summed E-state index contributed by atoms with van der Waals surface area (Å²) in [7, 11) is 0. The van der Waals surface area contributed by atoms with Crippen LogP contribution in [0.15, 0.2) is 110 Å². The van der Waals surface area contributed by atoms with Gasteiger partial charge < -0.3 is 4.57 Å². The number of hydroxylamine groups is 2. The van der Waals surface area contributed by atoms with E-state index >= 15 is 0 Å². The van der Waals surface area contributed by atoms with Gasteiger partial charge in [-0.05, 0) is 22.8 Å². The van der Waals surface area contributed by atoms with Crippen molar-refractivity contribution in [2.24, 2.45) is 0 Å². The van der Waals surface area contributed by atoms with Gasteiger partial charge in [0.1, 0.15) is 6.04 Å². The van der Waals surface area contributed by atoms with Crippen molar-refractivity contribution >= 4 is 12.0 Å². The van der Waals surface area contributed by atoms with Crippen LogP contribution < -0.4 is 0 Å². The molecule has 3 aromatic carbocycles. The zero-order valence-electron chi connectivity index (χ0n) is 17.0. The molecule has 0 atom stereocenters. The highest BCUT2D eigenvalue weighted by Crippen LogP contribution is 2.27. The zero-order valence-corrected chi connectivity index (χ0v) is 17.0. The van der Waals surface area contributed by atoms with Crippen LogP contribution in [-0.4, -0.2) is 25.7 Å². The molecule has 0 unspecified atom stereocenters. The normalized spacial score (nSPS) is 11.2. The SMILES string of the molecule is O=C(/C=C/c1cn(Cc2ccccc2)cn1)N(O)C(c1ccccc1)c1ccccc1. The summed E-state index contributed by atoms with van der Waals surface area (Å²) in [6, 6.07) is 28.4. The average molecular weight is 409 g/mol. The number of aromatic nitrogens is 2. The molecule has 0 spiro atoms. The molecule has 0 aliphatic carbocycles. The Morgan fingerprint density at radius 1 is 0.903 bits per heavy atom. The molecule has 0 radical (unpaired) electrons. The summed E-state index contributed by atoms with van der Waals surface area (Å²) in [6.07, 6.45) is 6.54. The fourth-order valence-corrected chi connectivity index (χ4v) is 3.45. The van der Waals surface area contributed by atoms with Crippen LogP contribution in [0.1, 0.15) is 28.4 Å². The first-order valence-corrected chi connectivity index (χ1v) is 10.1. The Morgan fingerprint density at radius 2 is 1.45 bits per heavy atom. The Kier molecular flexibility index (Phi) is 6.35. The second-order valence-corrected chi connectivity index (χ2v) is 7.20. The summed E-state index contributed by atoms with van der Waals surface area (Å²) >= 11 is 0. The molecular weight excluding hydrogens is 386 g/mol. The van der Waals surface area contributed by atoms with Gasteiger partial charge in [-0.1, -0.05) is 91.0 Å². The van der Waals surface area contributed by atoms with Crippen molar-refractivity contribution in [3.05, 3.63) is 132 Å². The quantitative estimate of drug-likeness (QED) is 0.267. The smallest absolute Gasteiger partial charge is 0.270 e. The largest absolute Gasteiger partial charge is 0.332 e. The Balaban J connectivity index is 1.49. The molecule has 4 aromatic rings. The minimum atomic E-state index is -0.602. The van der Waals surface area contributed by atoms with E-state index in [9.17, 15) is 10.0 Å². The van der Waals surface area contributed by atoms with Crippen LogP contribution >= 0.6 is 0 Å². The Hall–Kier alpha value is -3.96. The van der Waals surface area contributed by atoms with Gasteiger partial charge in [0.2, 0.25) is 0 Å². The van der Waals surface area contributed by atoms with Crippen LogP contribution in [0.5, 0.6) is 0 Å². The number of amides is 1. The zero-order chi connectivity index (χ0) is 21.5. The van der Waals surface area contributed by atoms with E-state index in [0.717, 1.165) is 16.2 Å². The van der Waals surface area contributed by atoms with E-state index < -0.39 is 11.9 Å². The molecule has 0 aliphatic rings. The van der Waals surface area contributed by atoms with Gasteiger partial charge in [0, 0.05) is 18.8 Å². The highest BCUT2D eigenvalue weighted by Gasteiger charge is 2.24. The molecule has 1 amide bonds. The number of rotatable bonds is 7. The van der Waals surface area contributed by atoms with Crippen molar-refractivity contribution in [2.75, 3.05) is 0 Å². The maximum atomic E-state index is 12.8. The lowest BCUT2D eigenvalue weighted by Gasteiger charge is -2.26. The van der Waals surface area contributed by atoms with Gasteiger partial charge >= 0.3 is 0 Å². The lowest BCUT2D eigenvalue weighted by Crippen LogP contribution is -2.31. The van der Waals surface area contributed by atoms with Crippen molar-refractivity contribution in [1.29, 1.82) is 0 Å². The van der Waals surface area contributed by atoms with Gasteiger partial charge in [0.25, 0.3) is 5.91 Å². The number of hydrogen-bond donors (Lipinski definition) is 1. The van der Waals surface area contributed by atoms with Crippen LogP contribution in [0.3, 0.4) is 0 Å². The predicted octanol–water partition coefficient (Wildman–Crippen LogP) is 4.95. The number of imidazole rings is 1. The van der Waals surface area contributed by atoms with Gasteiger partial charge in [-0.3, -0.25) is 10.0 Å². The second kappa shape index (κ2) is 9.69. The fraction of sp³-hybridized carbons (Fsp3) is 0.0769. The van der Waals surface area contributed by atoms with E-state index in [1.165, 1.54) is 11.6 Å². The molecule has 0 saturated heterocycles. The third kappa shape index (κ3) is 5.15. The van der Waals surface area contributed by atoms with E-state index in [1.54, 1.807) is 12.4 Å². The molecule has 1 heterocycles. The predicted molar refractivity (Wildman–Crippen MR) is 120 cm³/mol. The van der Waals surface area contributed by atoms with Crippen molar-refractivity contribution < 1.29 is 10.0 Å². The van der Waals surface area contributed by atoms with Crippen LogP contribution in [0.4, 0.5) is 0 Å². The lowest BCUT2D eigenvalue weighted by molar-refractivity contribution is -0.166. The van der Waals surface area contributed by atoms with Gasteiger partial charge in [0.15, 0.2) is 0 Å². The molecule has 5 nitrogen and oxygen atoms in total. The molecule has 0 bridgehead atoms. The monoisotopic (exact) mass is 409 g/mol. The van der Waals surface area contributed by atoms with Crippen LogP contribution in [0, 0.1) is 0 Å². The minimum absolute atomic E-state index is 0.518. The van der Waals surface area contributed by atoms with Crippen molar-refractivity contribution in [3.8, 4) is 0 Å². The van der Waals surface area contributed by atoms with Crippen molar-refractivity contribution in [1.82, 2.24) is 14.6 Å². The average Bonchev–Trinajstić information content (AvgIpc) is 3.27. The van der Waals surface area contributed by atoms with Crippen molar-refractivity contribution in [3.63, 3.8) is 0 Å². The Bertz CT molecular complexity index is 1100. The molecule has 1 N–H and O–H groups in total. The molecule has 0 saturated carbocycles. The van der Waals surface area contributed by atoms with Gasteiger partial charge in [-0.15, -0.1) is 0 Å². The summed E-state index contributed by atoms with van der Waals surface area (Å²) < 4.78 is 1.95. The maximum Gasteiger partial charge on any atom is 0.270 e. The first-order valence-electron chi connectivity index (χ1n) is 10.1. The Labute approximate surface area is 181 Å². The molecule has 1 aromatic heterocycles. The summed E-state index contributed by atoms with van der Waals surface area (Å²) in [5.74, 6) is -0.518. The molecule has 0 aliphatic heterocycles. The van der Waals surface area contributed by atoms with E-state index in [0.29, 0.717) is 12.2 Å². The molecule has 4 rings (SSSR count). The number of carbonyl (C=O) groups is 1. The van der Waals surface area contributed by atoms with Crippen molar-refractivity contribution in [2.45, 2.75) is 12.6 Å². The van der Waals surface area contributed by atoms with E-state index in [4.69, 9.17) is 0 Å². The summed E-state index contributed by atoms with van der Waals surface area (Å²) in [5, 5.41) is 11.5. The Morgan fingerprint density at radius 3 is 2.03 bits per heavy atom. The van der Waals surface area contributed by atoms with Crippen LogP contribution in [-0.2, 0) is 11.3 Å². The minimum Gasteiger partial charge on any atom is -0.332 e. The fourth-order valence-electron chi connectivity index (χ4n) is 3.45. The van der Waals surface area contributed by atoms with E-state index in [-0.39, 0.29) is 0 Å². The molecule has 31 heavy (non-hydrogen) atoms. The second-order valence-electron chi connectivity index (χ2n) is 7.20. The lowest BCUT2D eigenvalue weighted by atomic mass is 9.98. The summed E-state index contributed by atoms with van der Waals surface area (Å²) in [5.41, 5.74) is 3.46. The maximum absolute atomic E-state index is 12.8. The number of nitrogens with zero attached hydrogens (tertiary/aromatic N) is 3. The summed E-state index contributed by atoms with van der Waals surface area (Å²) in [6.45, 7) is 0.700. The third-order valence-corrected chi connectivity index (χ3v) is 4.96. The first-order chi connectivity index (χ1) is 15.2. The van der Waals surface area contributed by atoms with Gasteiger partial charge in [-0.2, -0.15) is 0 Å². The molecule has 0 fully saturated rings. The molecular formula is C26H23N3O2.